The van der Waals surface area contributed by atoms with Crippen molar-refractivity contribution in [3.8, 4) is 0 Å². The predicted octanol–water partition coefficient (Wildman–Crippen LogP) is 7.15. The number of rotatable bonds is 16. The number of benzene rings is 1. The van der Waals surface area contributed by atoms with Crippen molar-refractivity contribution < 1.29 is 14.7 Å². The number of likely N-dealkylation sites (tertiary alicyclic amines) is 1. The van der Waals surface area contributed by atoms with Crippen molar-refractivity contribution in [1.82, 2.24) is 19.4 Å². The Bertz CT molecular complexity index is 1390. The van der Waals surface area contributed by atoms with E-state index in [9.17, 15) is 14.7 Å². The molecule has 2 fully saturated rings. The van der Waals surface area contributed by atoms with Crippen LogP contribution in [0.4, 0.5) is 0 Å². The van der Waals surface area contributed by atoms with Crippen LogP contribution in [0.3, 0.4) is 0 Å². The minimum Gasteiger partial charge on any atom is -0.386 e. The molecule has 2 amide bonds. The number of likely N-dealkylation sites (N-methyl/N-ethyl adjacent to an activating group) is 2. The van der Waals surface area contributed by atoms with E-state index in [0.717, 1.165) is 31.4 Å². The van der Waals surface area contributed by atoms with Gasteiger partial charge in [0.15, 0.2) is 0 Å². The molecule has 288 valence electrons. The lowest BCUT2D eigenvalue weighted by atomic mass is 9.67. The fourth-order valence-corrected chi connectivity index (χ4v) is 9.77. The van der Waals surface area contributed by atoms with Gasteiger partial charge in [0.1, 0.15) is 12.1 Å². The highest BCUT2D eigenvalue weighted by atomic mass is 32.3. The van der Waals surface area contributed by atoms with E-state index in [1.54, 1.807) is 0 Å². The third-order valence-corrected chi connectivity index (χ3v) is 14.4. The average molecular weight is 726 g/mol. The molecule has 2 aliphatic carbocycles. The van der Waals surface area contributed by atoms with Gasteiger partial charge in [-0.05, 0) is 93.6 Å². The van der Waals surface area contributed by atoms with Crippen molar-refractivity contribution in [2.24, 2.45) is 40.5 Å². The highest BCUT2D eigenvalue weighted by Gasteiger charge is 2.47. The first-order valence-corrected chi connectivity index (χ1v) is 22.5. The van der Waals surface area contributed by atoms with Crippen molar-refractivity contribution in [2.45, 2.75) is 124 Å². The molecule has 1 saturated carbocycles. The number of allylic oxidation sites excluding steroid dienone is 1. The van der Waals surface area contributed by atoms with E-state index in [4.69, 9.17) is 4.99 Å². The third-order valence-electron chi connectivity index (χ3n) is 12.4. The summed E-state index contributed by atoms with van der Waals surface area (Å²) in [7, 11) is 2.89. The van der Waals surface area contributed by atoms with Gasteiger partial charge in [0.25, 0.3) is 0 Å². The van der Waals surface area contributed by atoms with Crippen LogP contribution in [-0.2, 0) is 9.59 Å². The van der Waals surface area contributed by atoms with E-state index in [2.05, 4.69) is 74.0 Å². The molecule has 0 aromatic heterocycles. The van der Waals surface area contributed by atoms with Crippen LogP contribution < -0.4 is 5.32 Å². The Hall–Kier alpha value is -2.36. The molecule has 10 unspecified atom stereocenters. The van der Waals surface area contributed by atoms with Gasteiger partial charge in [-0.3, -0.25) is 18.9 Å². The Morgan fingerprint density at radius 1 is 1.02 bits per heavy atom. The molecule has 0 spiro atoms. The van der Waals surface area contributed by atoms with Crippen LogP contribution in [0.2, 0.25) is 0 Å². The maximum Gasteiger partial charge on any atom is 0.245 e. The van der Waals surface area contributed by atoms with Crippen LogP contribution in [0.5, 0.6) is 0 Å². The van der Waals surface area contributed by atoms with E-state index in [1.165, 1.54) is 24.3 Å². The molecule has 1 heterocycles. The normalized spacial score (nSPS) is 27.0. The fraction of sp³-hybridized carbons (Fsp3) is 0.738. The average Bonchev–Trinajstić information content (AvgIpc) is 3.52. The van der Waals surface area contributed by atoms with Gasteiger partial charge in [-0.15, -0.1) is 0 Å². The lowest BCUT2D eigenvalue weighted by molar-refractivity contribution is -0.141. The minimum atomic E-state index is -1.11. The molecule has 1 aromatic carbocycles. The van der Waals surface area contributed by atoms with Gasteiger partial charge < -0.3 is 20.2 Å². The molecule has 1 saturated heterocycles. The summed E-state index contributed by atoms with van der Waals surface area (Å²) in [5.41, 5.74) is 3.59. The maximum absolute atomic E-state index is 14.3. The summed E-state index contributed by atoms with van der Waals surface area (Å²) in [5.74, 6) is 1.67. The SMILES string of the molecule is CCC(C)C(C1C=C(N2CCCC2C2CC(=NC(C)C(O)c3ccccc3)C2C)C1)N(C)C(=O)C(NC(=O)C(C(C)C)N(C)S(C)(C)C)C(C)C. The van der Waals surface area contributed by atoms with Gasteiger partial charge in [0, 0.05) is 43.0 Å². The van der Waals surface area contributed by atoms with E-state index in [-0.39, 0.29) is 41.8 Å². The zero-order valence-corrected chi connectivity index (χ0v) is 34.9. The molecular formula is C42H71N5O3S. The maximum atomic E-state index is 14.3. The highest BCUT2D eigenvalue weighted by molar-refractivity contribution is 8.30. The molecule has 0 bridgehead atoms. The van der Waals surface area contributed by atoms with Gasteiger partial charge in [-0.1, -0.05) is 91.3 Å². The first-order chi connectivity index (χ1) is 23.9. The van der Waals surface area contributed by atoms with Crippen LogP contribution in [0.15, 0.2) is 47.1 Å². The number of aliphatic imine (C=N–C) groups is 1. The molecule has 1 aliphatic heterocycles. The van der Waals surface area contributed by atoms with Crippen LogP contribution in [-0.4, -0.2) is 106 Å². The largest absolute Gasteiger partial charge is 0.386 e. The van der Waals surface area contributed by atoms with Crippen molar-refractivity contribution in [1.29, 1.82) is 0 Å². The molecular weight excluding hydrogens is 655 g/mol. The number of nitrogens with zero attached hydrogens (tertiary/aromatic N) is 4. The fourth-order valence-electron chi connectivity index (χ4n) is 8.75. The summed E-state index contributed by atoms with van der Waals surface area (Å²) in [6.07, 6.45) is 13.9. The van der Waals surface area contributed by atoms with Crippen LogP contribution >= 0.6 is 10.2 Å². The van der Waals surface area contributed by atoms with Crippen molar-refractivity contribution >= 4 is 27.7 Å². The van der Waals surface area contributed by atoms with Crippen LogP contribution in [0.25, 0.3) is 0 Å². The molecule has 8 nitrogen and oxygen atoms in total. The highest BCUT2D eigenvalue weighted by Crippen LogP contribution is 2.46. The summed E-state index contributed by atoms with van der Waals surface area (Å²) in [6, 6.07) is 9.42. The van der Waals surface area contributed by atoms with Crippen LogP contribution in [0.1, 0.15) is 99.2 Å². The number of hydrogen-bond donors (Lipinski definition) is 2. The topological polar surface area (TPSA) is 88.5 Å². The number of hydrogen-bond acceptors (Lipinski definition) is 6. The monoisotopic (exact) mass is 726 g/mol. The second-order valence-electron chi connectivity index (χ2n) is 17.4. The van der Waals surface area contributed by atoms with Crippen LogP contribution in [0, 0.1) is 35.5 Å². The predicted molar refractivity (Wildman–Crippen MR) is 216 cm³/mol. The van der Waals surface area contributed by atoms with Crippen molar-refractivity contribution in [3.05, 3.63) is 47.7 Å². The Balaban J connectivity index is 1.44. The summed E-state index contributed by atoms with van der Waals surface area (Å²) in [5, 5.41) is 14.1. The number of aliphatic hydroxyl groups is 1. The quantitative estimate of drug-likeness (QED) is 0.189. The molecule has 3 aliphatic rings. The second-order valence-corrected chi connectivity index (χ2v) is 21.5. The van der Waals surface area contributed by atoms with Crippen molar-refractivity contribution in [3.63, 3.8) is 0 Å². The molecule has 4 rings (SSSR count). The van der Waals surface area contributed by atoms with Gasteiger partial charge in [-0.2, -0.15) is 10.2 Å². The standard InChI is InChI=1S/C42H71N5O3S/c1-14-28(6)39(45(9)42(50)37(26(2)3)44-41(49)38(27(4)5)46(10)51(11,12)13)32-23-33(24-32)47-22-18-21-36(47)34-25-35(29(34)7)43-30(8)40(48)31-19-16-15-17-20-31/h15-17,19-20,23,26-30,32,34,36-40,48H,14,18,21-22,24-25H2,1-13H3,(H,44,49). The van der Waals surface area contributed by atoms with E-state index in [1.807, 2.05) is 70.1 Å². The molecule has 1 aromatic rings. The Morgan fingerprint density at radius 3 is 2.18 bits per heavy atom. The van der Waals surface area contributed by atoms with E-state index >= 15 is 0 Å². The van der Waals surface area contributed by atoms with Crippen molar-refractivity contribution in [2.75, 3.05) is 39.4 Å². The van der Waals surface area contributed by atoms with Gasteiger partial charge >= 0.3 is 0 Å². The lowest BCUT2D eigenvalue weighted by Crippen LogP contribution is -2.59. The first-order valence-electron chi connectivity index (χ1n) is 19.6. The van der Waals surface area contributed by atoms with E-state index < -0.39 is 22.4 Å². The summed E-state index contributed by atoms with van der Waals surface area (Å²) in [4.78, 5) is 37.8. The number of carbonyl (C=O) groups is 2. The summed E-state index contributed by atoms with van der Waals surface area (Å²) >= 11 is 0. The smallest absolute Gasteiger partial charge is 0.245 e. The summed E-state index contributed by atoms with van der Waals surface area (Å²) in [6.45, 7) is 18.2. The molecule has 51 heavy (non-hydrogen) atoms. The number of aliphatic hydroxyl groups excluding tert-OH is 1. The Morgan fingerprint density at radius 2 is 1.65 bits per heavy atom. The van der Waals surface area contributed by atoms with Gasteiger partial charge in [0.05, 0.1) is 12.1 Å². The lowest BCUT2D eigenvalue weighted by Gasteiger charge is -2.49. The van der Waals surface area contributed by atoms with E-state index in [0.29, 0.717) is 29.7 Å². The molecule has 2 N–H and O–H groups in total. The number of carbonyl (C=O) groups excluding carboxylic acids is 2. The Labute approximate surface area is 312 Å². The van der Waals surface area contributed by atoms with Gasteiger partial charge in [-0.25, -0.2) is 0 Å². The number of nitrogens with one attached hydrogen (secondary N) is 1. The second kappa shape index (κ2) is 17.2. The zero-order chi connectivity index (χ0) is 37.9. The molecule has 9 heteroatoms. The Kier molecular flexibility index (Phi) is 14.0. The molecule has 10 atom stereocenters. The summed E-state index contributed by atoms with van der Waals surface area (Å²) < 4.78 is 2.21. The molecule has 0 radical (unpaired) electrons. The minimum absolute atomic E-state index is 0.0135. The van der Waals surface area contributed by atoms with Gasteiger partial charge in [0.2, 0.25) is 11.8 Å². The zero-order valence-electron chi connectivity index (χ0n) is 34.1. The third kappa shape index (κ3) is 9.24. The first kappa shape index (κ1) is 41.4. The number of amides is 2.